The van der Waals surface area contributed by atoms with Gasteiger partial charge in [-0.3, -0.25) is 5.10 Å². The zero-order chi connectivity index (χ0) is 25.6. The number of aromatic amines is 1. The van der Waals surface area contributed by atoms with Crippen LogP contribution in [0.1, 0.15) is 31.8 Å². The number of benzene rings is 2. The Hall–Kier alpha value is -5.29. The molecule has 35 heavy (non-hydrogen) atoms. The first-order valence-corrected chi connectivity index (χ1v) is 9.79. The minimum Gasteiger partial charge on any atom is -0.465 e. The van der Waals surface area contributed by atoms with Crippen LogP contribution in [-0.2, 0) is 9.47 Å². The molecule has 1 N–H and O–H groups in total. The van der Waals surface area contributed by atoms with Crippen molar-refractivity contribution in [2.24, 2.45) is 0 Å². The number of H-pyrrole nitrogens is 1. The molecule has 0 saturated heterocycles. The van der Waals surface area contributed by atoms with Gasteiger partial charge in [0.1, 0.15) is 18.0 Å². The van der Waals surface area contributed by atoms with Crippen molar-refractivity contribution < 1.29 is 23.5 Å². The summed E-state index contributed by atoms with van der Waals surface area (Å²) >= 11 is 0. The van der Waals surface area contributed by atoms with Gasteiger partial charge in [-0.2, -0.15) is 20.7 Å². The van der Waals surface area contributed by atoms with Gasteiger partial charge in [0.05, 0.1) is 42.2 Å². The van der Waals surface area contributed by atoms with Gasteiger partial charge in [0.25, 0.3) is 0 Å². The summed E-state index contributed by atoms with van der Waals surface area (Å²) in [4.78, 5) is 22.3. The van der Waals surface area contributed by atoms with Crippen LogP contribution in [0.2, 0.25) is 0 Å². The lowest BCUT2D eigenvalue weighted by molar-refractivity contribution is 0.0591. The van der Waals surface area contributed by atoms with Crippen LogP contribution in [0, 0.1) is 28.5 Å². The van der Waals surface area contributed by atoms with E-state index >= 15 is 0 Å². The third kappa shape index (κ3) is 7.37. The van der Waals surface area contributed by atoms with Gasteiger partial charge in [0, 0.05) is 24.8 Å². The molecule has 2 aromatic heterocycles. The van der Waals surface area contributed by atoms with Gasteiger partial charge in [-0.1, -0.05) is 0 Å². The molecule has 0 amide bonds. The number of esters is 2. The number of rotatable bonds is 3. The van der Waals surface area contributed by atoms with E-state index in [0.29, 0.717) is 16.8 Å². The smallest absolute Gasteiger partial charge is 0.337 e. The highest BCUT2D eigenvalue weighted by molar-refractivity contribution is 5.90. The monoisotopic (exact) mass is 474 g/mol. The van der Waals surface area contributed by atoms with Crippen LogP contribution in [-0.4, -0.2) is 46.1 Å². The van der Waals surface area contributed by atoms with Crippen molar-refractivity contribution in [3.8, 4) is 17.8 Å². The van der Waals surface area contributed by atoms with Crippen molar-refractivity contribution in [1.29, 1.82) is 10.5 Å². The zero-order valence-electron chi connectivity index (χ0n) is 18.7. The maximum Gasteiger partial charge on any atom is 0.337 e. The average Bonchev–Trinajstić information content (AvgIpc) is 3.65. The van der Waals surface area contributed by atoms with E-state index in [1.54, 1.807) is 55.1 Å². The summed E-state index contributed by atoms with van der Waals surface area (Å²) in [7, 11) is 2.52. The molecule has 0 unspecified atom stereocenters. The number of ether oxygens (including phenoxy) is 2. The van der Waals surface area contributed by atoms with Gasteiger partial charge < -0.3 is 9.47 Å². The van der Waals surface area contributed by atoms with Crippen molar-refractivity contribution in [2.75, 3.05) is 14.2 Å². The predicted octanol–water partition coefficient (Wildman–Crippen LogP) is 3.42. The number of nitrogens with zero attached hydrogens (tertiary/aromatic N) is 5. The number of hydrogen-bond acceptors (Lipinski definition) is 8. The van der Waals surface area contributed by atoms with Gasteiger partial charge >= 0.3 is 11.9 Å². The quantitative estimate of drug-likeness (QED) is 0.444. The van der Waals surface area contributed by atoms with E-state index in [4.69, 9.17) is 10.5 Å². The van der Waals surface area contributed by atoms with Gasteiger partial charge in [0.15, 0.2) is 0 Å². The second-order valence-electron chi connectivity index (χ2n) is 6.35. The highest BCUT2D eigenvalue weighted by atomic mass is 19.1. The summed E-state index contributed by atoms with van der Waals surface area (Å²) in [6, 6.07) is 15.5. The van der Waals surface area contributed by atoms with Crippen LogP contribution in [0.4, 0.5) is 4.39 Å². The van der Waals surface area contributed by atoms with Crippen LogP contribution in [0.3, 0.4) is 0 Å². The fourth-order valence-electron chi connectivity index (χ4n) is 2.54. The Bertz CT molecular complexity index is 1320. The first-order chi connectivity index (χ1) is 16.9. The third-order valence-corrected chi connectivity index (χ3v) is 4.21. The summed E-state index contributed by atoms with van der Waals surface area (Å²) in [5, 5.41) is 27.6. The minimum atomic E-state index is -0.717. The molecule has 0 saturated carbocycles. The lowest BCUT2D eigenvalue weighted by Gasteiger charge is -2.06. The first-order valence-electron chi connectivity index (χ1n) is 9.79. The van der Waals surface area contributed by atoms with Gasteiger partial charge in [-0.25, -0.2) is 18.7 Å². The van der Waals surface area contributed by atoms with Gasteiger partial charge in [-0.05, 0) is 48.5 Å². The molecule has 176 valence electrons. The standard InChI is InChI=1S/C12H9N3O2.C9H6FNO2.C3H4N2/c1-17-12(16)9-3-4-10(8-13)11(7-9)15-6-2-5-14-15;1-13-9(12)6-2-3-7(5-11)8(10)4-6;1-2-4-5-3-1/h2-7H,1H3;2-4H,1H3;1-3H,(H,4,5). The maximum absolute atomic E-state index is 12.9. The highest BCUT2D eigenvalue weighted by Gasteiger charge is 2.11. The summed E-state index contributed by atoms with van der Waals surface area (Å²) in [5.41, 5.74) is 1.39. The molecule has 4 rings (SSSR count). The number of nitriles is 2. The molecular formula is C24H19FN6O4. The highest BCUT2D eigenvalue weighted by Crippen LogP contribution is 2.16. The number of carbonyl (C=O) groups excluding carboxylic acids is 2. The molecule has 0 aliphatic carbocycles. The number of hydrogen-bond donors (Lipinski definition) is 1. The van der Waals surface area contributed by atoms with Crippen LogP contribution in [0.25, 0.3) is 5.69 Å². The molecule has 2 aromatic carbocycles. The molecule has 11 heteroatoms. The van der Waals surface area contributed by atoms with Crippen molar-refractivity contribution >= 4 is 11.9 Å². The van der Waals surface area contributed by atoms with Crippen molar-refractivity contribution in [3.05, 3.63) is 101 Å². The molecule has 0 radical (unpaired) electrons. The number of nitrogens with one attached hydrogen (secondary N) is 1. The van der Waals surface area contributed by atoms with E-state index in [1.807, 2.05) is 6.07 Å². The van der Waals surface area contributed by atoms with Gasteiger partial charge in [0.2, 0.25) is 0 Å². The lowest BCUT2D eigenvalue weighted by Crippen LogP contribution is -2.05. The summed E-state index contributed by atoms with van der Waals surface area (Å²) in [6.45, 7) is 0. The fourth-order valence-corrected chi connectivity index (χ4v) is 2.54. The lowest BCUT2D eigenvalue weighted by atomic mass is 10.1. The number of halogens is 1. The van der Waals surface area contributed by atoms with E-state index in [2.05, 4.69) is 30.8 Å². The molecular weight excluding hydrogens is 455 g/mol. The molecule has 0 aliphatic rings. The maximum atomic E-state index is 12.9. The molecule has 0 fully saturated rings. The Kier molecular flexibility index (Phi) is 9.87. The Morgan fingerprint density at radius 2 is 1.57 bits per heavy atom. The third-order valence-electron chi connectivity index (χ3n) is 4.21. The number of methoxy groups -OCH3 is 2. The van der Waals surface area contributed by atoms with Crippen molar-refractivity contribution in [2.45, 2.75) is 0 Å². The number of carbonyl (C=O) groups is 2. The molecule has 0 spiro atoms. The topological polar surface area (TPSA) is 147 Å². The van der Waals surface area contributed by atoms with E-state index < -0.39 is 17.8 Å². The Morgan fingerprint density at radius 3 is 2.00 bits per heavy atom. The number of aromatic nitrogens is 4. The summed E-state index contributed by atoms with van der Waals surface area (Å²) in [5.74, 6) is -1.78. The predicted molar refractivity (Wildman–Crippen MR) is 121 cm³/mol. The summed E-state index contributed by atoms with van der Waals surface area (Å²) < 4.78 is 23.5. The molecule has 0 aliphatic heterocycles. The molecule has 2 heterocycles. The Balaban J connectivity index is 0.000000211. The fraction of sp³-hybridized carbons (Fsp3) is 0.0833. The van der Waals surface area contributed by atoms with Crippen LogP contribution in [0.5, 0.6) is 0 Å². The van der Waals surface area contributed by atoms with Crippen molar-refractivity contribution in [3.63, 3.8) is 0 Å². The molecule has 0 bridgehead atoms. The molecule has 4 aromatic rings. The van der Waals surface area contributed by atoms with Crippen LogP contribution >= 0.6 is 0 Å². The van der Waals surface area contributed by atoms with E-state index in [0.717, 1.165) is 6.07 Å². The van der Waals surface area contributed by atoms with E-state index in [-0.39, 0.29) is 11.1 Å². The SMILES string of the molecule is COC(=O)c1ccc(C#N)c(-n2cccn2)c1.COC(=O)c1ccc(C#N)c(F)c1.c1cn[nH]c1. The Morgan fingerprint density at radius 1 is 0.943 bits per heavy atom. The molecule has 0 atom stereocenters. The summed E-state index contributed by atoms with van der Waals surface area (Å²) in [6.07, 6.45) is 6.77. The molecule has 10 nitrogen and oxygen atoms in total. The van der Waals surface area contributed by atoms with Crippen molar-refractivity contribution in [1.82, 2.24) is 20.0 Å². The van der Waals surface area contributed by atoms with E-state index in [1.165, 1.54) is 31.0 Å². The normalized spacial score (nSPS) is 9.17. The largest absolute Gasteiger partial charge is 0.465 e. The minimum absolute atomic E-state index is 0.0901. The zero-order valence-corrected chi connectivity index (χ0v) is 18.7. The van der Waals surface area contributed by atoms with Crippen LogP contribution in [0.15, 0.2) is 73.3 Å². The average molecular weight is 474 g/mol. The first kappa shape index (κ1) is 26.0. The Labute approximate surface area is 199 Å². The van der Waals surface area contributed by atoms with Crippen LogP contribution < -0.4 is 0 Å². The second kappa shape index (κ2) is 13.3. The van der Waals surface area contributed by atoms with Gasteiger partial charge in [-0.15, -0.1) is 0 Å². The van der Waals surface area contributed by atoms with E-state index in [9.17, 15) is 14.0 Å². The second-order valence-corrected chi connectivity index (χ2v) is 6.35.